The lowest BCUT2D eigenvalue weighted by molar-refractivity contribution is -0.151. The summed E-state index contributed by atoms with van der Waals surface area (Å²) < 4.78 is 0. The van der Waals surface area contributed by atoms with E-state index in [0.29, 0.717) is 19.5 Å². The highest BCUT2D eigenvalue weighted by molar-refractivity contribution is 5.68. The van der Waals surface area contributed by atoms with Gasteiger partial charge in [0.05, 0.1) is 0 Å². The number of carbonyl (C=O) groups is 2. The van der Waals surface area contributed by atoms with Crippen LogP contribution >= 0.6 is 0 Å². The van der Waals surface area contributed by atoms with Crippen LogP contribution in [0.3, 0.4) is 0 Å². The molecule has 0 fully saturated rings. The minimum atomic E-state index is -0.734. The molecule has 0 rings (SSSR count). The van der Waals surface area contributed by atoms with Crippen LogP contribution in [0.4, 0.5) is 0 Å². The summed E-state index contributed by atoms with van der Waals surface area (Å²) in [6.07, 6.45) is 6.17. The molecule has 0 unspecified atom stereocenters. The maximum atomic E-state index is 11.1. The Labute approximate surface area is 108 Å². The van der Waals surface area contributed by atoms with Crippen molar-refractivity contribution in [2.75, 3.05) is 13.1 Å². The molecule has 0 spiro atoms. The van der Waals surface area contributed by atoms with Gasteiger partial charge in [-0.3, -0.25) is 9.59 Å². The first-order valence-corrected chi connectivity index (χ1v) is 6.51. The van der Waals surface area contributed by atoms with E-state index in [1.807, 2.05) is 0 Å². The molecule has 0 aromatic rings. The Morgan fingerprint density at radius 1 is 1.00 bits per heavy atom. The molecule has 6 heteroatoms. The number of hydrogen-bond acceptors (Lipinski definition) is 5. The van der Waals surface area contributed by atoms with Crippen molar-refractivity contribution in [2.24, 2.45) is 5.73 Å². The topological polar surface area (TPSA) is 102 Å². The Kier molecular flexibility index (Phi) is 11.5. The molecule has 0 aliphatic rings. The molecule has 0 aromatic heterocycles. The maximum Gasteiger partial charge on any atom is 0.324 e. The summed E-state index contributed by atoms with van der Waals surface area (Å²) in [5.41, 5.74) is 7.71. The van der Waals surface area contributed by atoms with Crippen molar-refractivity contribution in [3.8, 4) is 0 Å². The van der Waals surface area contributed by atoms with Gasteiger partial charge in [-0.2, -0.15) is 5.48 Å². The molecule has 0 saturated heterocycles. The molecule has 18 heavy (non-hydrogen) atoms. The zero-order valence-corrected chi connectivity index (χ0v) is 10.8. The number of nitrogens with one attached hydrogen (secondary N) is 1. The highest BCUT2D eigenvalue weighted by Gasteiger charge is 2.02. The first-order valence-electron chi connectivity index (χ1n) is 6.51. The average Bonchev–Trinajstić information content (AvgIpc) is 2.32. The molecule has 0 radical (unpaired) electrons. The molecular weight excluding hydrogens is 236 g/mol. The van der Waals surface area contributed by atoms with Gasteiger partial charge in [-0.15, -0.1) is 0 Å². The van der Waals surface area contributed by atoms with E-state index in [1.165, 1.54) is 0 Å². The van der Waals surface area contributed by atoms with Crippen LogP contribution < -0.4 is 11.2 Å². The lowest BCUT2D eigenvalue weighted by atomic mass is 10.1. The number of carboxylic acids is 1. The van der Waals surface area contributed by atoms with Crippen LogP contribution in [-0.2, 0) is 14.4 Å². The van der Waals surface area contributed by atoms with E-state index < -0.39 is 5.97 Å². The predicted molar refractivity (Wildman–Crippen MR) is 67.7 cm³/mol. The van der Waals surface area contributed by atoms with E-state index in [-0.39, 0.29) is 12.4 Å². The SMILES string of the molecule is NCCNOC(=O)CCCCCCCCC(=O)O. The Morgan fingerprint density at radius 3 is 2.11 bits per heavy atom. The molecule has 0 bridgehead atoms. The van der Waals surface area contributed by atoms with E-state index in [1.54, 1.807) is 0 Å². The summed E-state index contributed by atoms with van der Waals surface area (Å²) in [6, 6.07) is 0. The van der Waals surface area contributed by atoms with E-state index in [4.69, 9.17) is 15.7 Å². The lowest BCUT2D eigenvalue weighted by Crippen LogP contribution is -2.25. The molecule has 0 saturated carbocycles. The number of aliphatic carboxylic acids is 1. The molecule has 0 atom stereocenters. The fourth-order valence-electron chi connectivity index (χ4n) is 1.49. The average molecular weight is 260 g/mol. The minimum absolute atomic E-state index is 0.249. The second kappa shape index (κ2) is 12.3. The smallest absolute Gasteiger partial charge is 0.324 e. The standard InChI is InChI=1S/C12H24N2O4/c13-9-10-14-18-12(17)8-6-4-2-1-3-5-7-11(15)16/h14H,1-10,13H2,(H,15,16). The highest BCUT2D eigenvalue weighted by atomic mass is 16.7. The third-order valence-electron chi connectivity index (χ3n) is 2.45. The van der Waals surface area contributed by atoms with Crippen LogP contribution in [0, 0.1) is 0 Å². The van der Waals surface area contributed by atoms with Crippen LogP contribution in [0.5, 0.6) is 0 Å². The molecular formula is C12H24N2O4. The van der Waals surface area contributed by atoms with Gasteiger partial charge >= 0.3 is 11.9 Å². The highest BCUT2D eigenvalue weighted by Crippen LogP contribution is 2.08. The molecule has 0 heterocycles. The number of carboxylic acid groups (broad SMARTS) is 1. The molecule has 6 nitrogen and oxygen atoms in total. The van der Waals surface area contributed by atoms with Crippen LogP contribution in [0.2, 0.25) is 0 Å². The summed E-state index contributed by atoms with van der Waals surface area (Å²) in [5.74, 6) is -0.989. The molecule has 0 amide bonds. The Bertz CT molecular complexity index is 234. The monoisotopic (exact) mass is 260 g/mol. The van der Waals surface area contributed by atoms with Gasteiger partial charge in [-0.25, -0.2) is 0 Å². The second-order valence-corrected chi connectivity index (χ2v) is 4.17. The second-order valence-electron chi connectivity index (χ2n) is 4.17. The van der Waals surface area contributed by atoms with Crippen molar-refractivity contribution in [3.05, 3.63) is 0 Å². The number of hydrogen-bond donors (Lipinski definition) is 3. The predicted octanol–water partition coefficient (Wildman–Crippen LogP) is 1.20. The fourth-order valence-corrected chi connectivity index (χ4v) is 1.49. The number of nitrogens with two attached hydrogens (primary N) is 1. The third kappa shape index (κ3) is 12.9. The maximum absolute atomic E-state index is 11.1. The Balaban J connectivity index is 3.15. The van der Waals surface area contributed by atoms with E-state index in [0.717, 1.165) is 38.5 Å². The van der Waals surface area contributed by atoms with Crippen molar-refractivity contribution in [3.63, 3.8) is 0 Å². The largest absolute Gasteiger partial charge is 0.481 e. The summed E-state index contributed by atoms with van der Waals surface area (Å²) in [6.45, 7) is 0.902. The number of hydroxylamine groups is 1. The Morgan fingerprint density at radius 2 is 1.56 bits per heavy atom. The lowest BCUT2D eigenvalue weighted by Gasteiger charge is -2.04. The van der Waals surface area contributed by atoms with Gasteiger partial charge in [-0.05, 0) is 12.8 Å². The molecule has 4 N–H and O–H groups in total. The van der Waals surface area contributed by atoms with Crippen molar-refractivity contribution in [2.45, 2.75) is 51.4 Å². The first-order chi connectivity index (χ1) is 8.66. The molecule has 0 aliphatic heterocycles. The quantitative estimate of drug-likeness (QED) is 0.360. The summed E-state index contributed by atoms with van der Waals surface area (Å²) in [4.78, 5) is 26.1. The van der Waals surface area contributed by atoms with E-state index >= 15 is 0 Å². The van der Waals surface area contributed by atoms with Crippen molar-refractivity contribution in [1.29, 1.82) is 0 Å². The number of carbonyl (C=O) groups excluding carboxylic acids is 1. The normalized spacial score (nSPS) is 10.3. The van der Waals surface area contributed by atoms with Gasteiger partial charge in [0.25, 0.3) is 0 Å². The number of unbranched alkanes of at least 4 members (excludes halogenated alkanes) is 5. The first kappa shape index (κ1) is 16.9. The van der Waals surface area contributed by atoms with Gasteiger partial charge < -0.3 is 15.7 Å². The van der Waals surface area contributed by atoms with Crippen molar-refractivity contribution < 1.29 is 19.5 Å². The van der Waals surface area contributed by atoms with Gasteiger partial charge in [-0.1, -0.05) is 25.7 Å². The van der Waals surface area contributed by atoms with Crippen LogP contribution in [0.15, 0.2) is 0 Å². The van der Waals surface area contributed by atoms with Gasteiger partial charge in [0.1, 0.15) is 0 Å². The van der Waals surface area contributed by atoms with Crippen LogP contribution in [0.25, 0.3) is 0 Å². The van der Waals surface area contributed by atoms with Gasteiger partial charge in [0.15, 0.2) is 0 Å². The summed E-state index contributed by atoms with van der Waals surface area (Å²) in [5, 5.41) is 8.44. The van der Waals surface area contributed by atoms with Gasteiger partial charge in [0.2, 0.25) is 0 Å². The molecule has 0 aromatic carbocycles. The van der Waals surface area contributed by atoms with E-state index in [9.17, 15) is 9.59 Å². The Hall–Kier alpha value is -1.14. The fraction of sp³-hybridized carbons (Fsp3) is 0.833. The zero-order chi connectivity index (χ0) is 13.6. The summed E-state index contributed by atoms with van der Waals surface area (Å²) in [7, 11) is 0. The van der Waals surface area contributed by atoms with Crippen LogP contribution in [-0.4, -0.2) is 30.1 Å². The minimum Gasteiger partial charge on any atom is -0.481 e. The van der Waals surface area contributed by atoms with Gasteiger partial charge in [0, 0.05) is 25.9 Å². The zero-order valence-electron chi connectivity index (χ0n) is 10.8. The van der Waals surface area contributed by atoms with Crippen LogP contribution in [0.1, 0.15) is 51.4 Å². The number of rotatable bonds is 12. The molecule has 106 valence electrons. The molecule has 0 aliphatic carbocycles. The van der Waals surface area contributed by atoms with Crippen molar-refractivity contribution >= 4 is 11.9 Å². The third-order valence-corrected chi connectivity index (χ3v) is 2.45. The van der Waals surface area contributed by atoms with E-state index in [2.05, 4.69) is 5.48 Å². The van der Waals surface area contributed by atoms with Crippen molar-refractivity contribution in [1.82, 2.24) is 5.48 Å². The summed E-state index contributed by atoms with van der Waals surface area (Å²) >= 11 is 0.